The molecule has 0 unspecified atom stereocenters. The van der Waals surface area contributed by atoms with Crippen molar-refractivity contribution in [1.82, 2.24) is 20.1 Å². The third kappa shape index (κ3) is 4.07. The van der Waals surface area contributed by atoms with Gasteiger partial charge in [-0.3, -0.25) is 9.48 Å². The number of rotatable bonds is 6. The monoisotopic (exact) mass is 362 g/mol. The Labute approximate surface area is 150 Å². The van der Waals surface area contributed by atoms with Crippen molar-refractivity contribution in [2.24, 2.45) is 0 Å². The lowest BCUT2D eigenvalue weighted by Gasteiger charge is -2.22. The molecule has 2 aromatic heterocycles. The van der Waals surface area contributed by atoms with Gasteiger partial charge in [-0.05, 0) is 39.7 Å². The van der Waals surface area contributed by atoms with E-state index in [9.17, 15) is 9.59 Å². The Morgan fingerprint density at radius 3 is 2.64 bits per heavy atom. The molecule has 134 valence electrons. The zero-order valence-corrected chi connectivity index (χ0v) is 15.4. The van der Waals surface area contributed by atoms with Gasteiger partial charge in [0.05, 0.1) is 10.5 Å². The van der Waals surface area contributed by atoms with Gasteiger partial charge in [0.15, 0.2) is 5.69 Å². The average molecular weight is 362 g/mol. The van der Waals surface area contributed by atoms with E-state index in [-0.39, 0.29) is 17.1 Å². The summed E-state index contributed by atoms with van der Waals surface area (Å²) < 4.78 is 1.96. The van der Waals surface area contributed by atoms with E-state index < -0.39 is 5.97 Å². The van der Waals surface area contributed by atoms with Gasteiger partial charge < -0.3 is 10.4 Å². The molecular formula is C17H22N4O3S. The minimum absolute atomic E-state index is 0.0457. The number of amides is 1. The van der Waals surface area contributed by atoms with Crippen LogP contribution < -0.4 is 5.32 Å². The topological polar surface area (TPSA) is 97.1 Å². The predicted molar refractivity (Wildman–Crippen MR) is 94.3 cm³/mol. The Balaban J connectivity index is 1.62. The van der Waals surface area contributed by atoms with Crippen LogP contribution in [0.2, 0.25) is 0 Å². The summed E-state index contributed by atoms with van der Waals surface area (Å²) in [6.07, 6.45) is 2.80. The van der Waals surface area contributed by atoms with Crippen LogP contribution >= 0.6 is 11.3 Å². The van der Waals surface area contributed by atoms with Crippen LogP contribution in [0, 0.1) is 0 Å². The van der Waals surface area contributed by atoms with Crippen LogP contribution in [0.5, 0.6) is 0 Å². The minimum atomic E-state index is -1.04. The van der Waals surface area contributed by atoms with Gasteiger partial charge in [0.2, 0.25) is 0 Å². The summed E-state index contributed by atoms with van der Waals surface area (Å²) >= 11 is 1.28. The second-order valence-electron chi connectivity index (χ2n) is 7.25. The Hall–Kier alpha value is -2.22. The fourth-order valence-corrected chi connectivity index (χ4v) is 3.38. The number of nitrogens with one attached hydrogen (secondary N) is 1. The second-order valence-corrected chi connectivity index (χ2v) is 8.19. The fraction of sp³-hybridized carbons (Fsp3) is 0.529. The van der Waals surface area contributed by atoms with E-state index in [0.717, 1.165) is 18.5 Å². The molecule has 0 bridgehead atoms. The molecule has 0 aromatic carbocycles. The normalized spacial score (nSPS) is 14.5. The van der Waals surface area contributed by atoms with Gasteiger partial charge in [-0.25, -0.2) is 9.78 Å². The van der Waals surface area contributed by atoms with Crippen LogP contribution in [0.1, 0.15) is 71.2 Å². The zero-order valence-electron chi connectivity index (χ0n) is 14.6. The predicted octanol–water partition coefficient (Wildman–Crippen LogP) is 2.64. The zero-order chi connectivity index (χ0) is 18.2. The Kier molecular flexibility index (Phi) is 4.64. The molecule has 7 nitrogen and oxygen atoms in total. The number of carboxylic acids is 1. The standard InChI is InChI=1S/C17H22N4O3S/c1-17(2,3)21-13(10-4-5-10)8-11(20-21)15(22)18-7-6-14-19-12(9-25-14)16(23)24/h8-10H,4-7H2,1-3H3,(H,18,22)(H,23,24). The molecule has 2 aromatic rings. The number of aromatic nitrogens is 3. The number of carbonyl (C=O) groups excluding carboxylic acids is 1. The van der Waals surface area contributed by atoms with Crippen molar-refractivity contribution >= 4 is 23.2 Å². The van der Waals surface area contributed by atoms with Crippen LogP contribution in [-0.4, -0.2) is 38.3 Å². The Morgan fingerprint density at radius 2 is 2.08 bits per heavy atom. The third-order valence-corrected chi connectivity index (χ3v) is 4.90. The molecule has 1 aliphatic carbocycles. The number of nitrogens with zero attached hydrogens (tertiary/aromatic N) is 3. The summed E-state index contributed by atoms with van der Waals surface area (Å²) in [6, 6.07) is 1.89. The summed E-state index contributed by atoms with van der Waals surface area (Å²) in [7, 11) is 0. The maximum atomic E-state index is 12.4. The van der Waals surface area contributed by atoms with E-state index in [1.165, 1.54) is 16.7 Å². The highest BCUT2D eigenvalue weighted by molar-refractivity contribution is 7.09. The van der Waals surface area contributed by atoms with Crippen LogP contribution in [0.15, 0.2) is 11.4 Å². The van der Waals surface area contributed by atoms with Crippen molar-refractivity contribution < 1.29 is 14.7 Å². The van der Waals surface area contributed by atoms with Gasteiger partial charge in [0.1, 0.15) is 5.69 Å². The maximum absolute atomic E-state index is 12.4. The average Bonchev–Trinajstić information content (AvgIpc) is 3.09. The summed E-state index contributed by atoms with van der Waals surface area (Å²) in [5.41, 5.74) is 1.44. The molecule has 2 N–H and O–H groups in total. The lowest BCUT2D eigenvalue weighted by molar-refractivity contribution is 0.0690. The van der Waals surface area contributed by atoms with Crippen molar-refractivity contribution in [3.8, 4) is 0 Å². The molecule has 1 amide bonds. The summed E-state index contributed by atoms with van der Waals surface area (Å²) in [5, 5.41) is 18.4. The molecule has 1 fully saturated rings. The first kappa shape index (κ1) is 17.6. The highest BCUT2D eigenvalue weighted by Gasteiger charge is 2.32. The van der Waals surface area contributed by atoms with Gasteiger partial charge in [-0.1, -0.05) is 0 Å². The highest BCUT2D eigenvalue weighted by atomic mass is 32.1. The van der Waals surface area contributed by atoms with Crippen molar-refractivity contribution in [3.63, 3.8) is 0 Å². The first-order chi connectivity index (χ1) is 11.8. The van der Waals surface area contributed by atoms with Crippen molar-refractivity contribution in [2.45, 2.75) is 51.5 Å². The van der Waals surface area contributed by atoms with Crippen LogP contribution in [-0.2, 0) is 12.0 Å². The molecule has 0 radical (unpaired) electrons. The lowest BCUT2D eigenvalue weighted by Crippen LogP contribution is -2.28. The number of hydrogen-bond acceptors (Lipinski definition) is 5. The van der Waals surface area contributed by atoms with Crippen molar-refractivity contribution in [3.05, 3.63) is 33.5 Å². The number of carbonyl (C=O) groups is 2. The molecule has 0 spiro atoms. The van der Waals surface area contributed by atoms with Gasteiger partial charge in [-0.15, -0.1) is 11.3 Å². The van der Waals surface area contributed by atoms with Gasteiger partial charge >= 0.3 is 5.97 Å². The first-order valence-electron chi connectivity index (χ1n) is 8.32. The largest absolute Gasteiger partial charge is 0.476 e. The van der Waals surface area contributed by atoms with E-state index in [2.05, 4.69) is 36.2 Å². The maximum Gasteiger partial charge on any atom is 0.355 e. The van der Waals surface area contributed by atoms with Gasteiger partial charge in [0.25, 0.3) is 5.91 Å². The van der Waals surface area contributed by atoms with E-state index in [0.29, 0.717) is 29.6 Å². The van der Waals surface area contributed by atoms with Gasteiger partial charge in [-0.2, -0.15) is 5.10 Å². The SMILES string of the molecule is CC(C)(C)n1nc(C(=O)NCCc2nc(C(=O)O)cs2)cc1C1CC1. The van der Waals surface area contributed by atoms with E-state index >= 15 is 0 Å². The third-order valence-electron chi connectivity index (χ3n) is 4.00. The smallest absolute Gasteiger partial charge is 0.355 e. The highest BCUT2D eigenvalue weighted by Crippen LogP contribution is 2.41. The molecule has 0 atom stereocenters. The van der Waals surface area contributed by atoms with Crippen molar-refractivity contribution in [2.75, 3.05) is 6.54 Å². The molecular weight excluding hydrogens is 340 g/mol. The molecule has 2 heterocycles. The summed E-state index contributed by atoms with van der Waals surface area (Å²) in [4.78, 5) is 27.2. The van der Waals surface area contributed by atoms with E-state index in [1.807, 2.05) is 10.7 Å². The molecule has 0 saturated heterocycles. The molecule has 1 saturated carbocycles. The van der Waals surface area contributed by atoms with Crippen LogP contribution in [0.3, 0.4) is 0 Å². The fourth-order valence-electron chi connectivity index (χ4n) is 2.61. The van der Waals surface area contributed by atoms with Crippen LogP contribution in [0.4, 0.5) is 0 Å². The molecule has 8 heteroatoms. The summed E-state index contributed by atoms with van der Waals surface area (Å²) in [6.45, 7) is 6.63. The number of aromatic carboxylic acids is 1. The van der Waals surface area contributed by atoms with Gasteiger partial charge in [0, 0.05) is 30.0 Å². The van der Waals surface area contributed by atoms with Crippen LogP contribution in [0.25, 0.3) is 0 Å². The molecule has 0 aliphatic heterocycles. The van der Waals surface area contributed by atoms with E-state index in [1.54, 1.807) is 0 Å². The summed E-state index contributed by atoms with van der Waals surface area (Å²) in [5.74, 6) is -0.732. The number of carboxylic acid groups (broad SMARTS) is 1. The molecule has 1 aliphatic rings. The number of hydrogen-bond donors (Lipinski definition) is 2. The molecule has 25 heavy (non-hydrogen) atoms. The Morgan fingerprint density at radius 1 is 1.36 bits per heavy atom. The Bertz CT molecular complexity index is 799. The van der Waals surface area contributed by atoms with Crippen molar-refractivity contribution in [1.29, 1.82) is 0 Å². The second kappa shape index (κ2) is 6.59. The number of thiazole rings is 1. The minimum Gasteiger partial charge on any atom is -0.476 e. The molecule has 3 rings (SSSR count). The lowest BCUT2D eigenvalue weighted by atomic mass is 10.1. The van der Waals surface area contributed by atoms with E-state index in [4.69, 9.17) is 5.11 Å². The first-order valence-corrected chi connectivity index (χ1v) is 9.20. The quantitative estimate of drug-likeness (QED) is 0.823.